The second-order valence-corrected chi connectivity index (χ2v) is 3.55. The molecule has 16 heavy (non-hydrogen) atoms. The van der Waals surface area contributed by atoms with Gasteiger partial charge in [-0.3, -0.25) is 4.79 Å². The molecule has 1 atom stereocenters. The second kappa shape index (κ2) is 4.94. The lowest BCUT2D eigenvalue weighted by Gasteiger charge is -2.22. The summed E-state index contributed by atoms with van der Waals surface area (Å²) >= 11 is 5.72. The van der Waals surface area contributed by atoms with Crippen molar-refractivity contribution in [2.45, 2.75) is 6.04 Å². The van der Waals surface area contributed by atoms with Gasteiger partial charge in [-0.25, -0.2) is 9.18 Å². The Kier molecular flexibility index (Phi) is 3.84. The van der Waals surface area contributed by atoms with Gasteiger partial charge in [0, 0.05) is 17.6 Å². The predicted octanol–water partition coefficient (Wildman–Crippen LogP) is 1.69. The normalized spacial score (nSPS) is 11.9. The van der Waals surface area contributed by atoms with E-state index >= 15 is 0 Å². The third kappa shape index (κ3) is 2.30. The molecule has 1 amide bonds. The number of hydrogen-bond acceptors (Lipinski definition) is 2. The van der Waals surface area contributed by atoms with E-state index in [1.165, 1.54) is 19.2 Å². The summed E-state index contributed by atoms with van der Waals surface area (Å²) in [5.41, 5.74) is -0.216. The van der Waals surface area contributed by atoms with Crippen LogP contribution in [0.4, 0.5) is 4.39 Å². The minimum Gasteiger partial charge on any atom is -0.479 e. The van der Waals surface area contributed by atoms with Crippen molar-refractivity contribution < 1.29 is 19.1 Å². The summed E-state index contributed by atoms with van der Waals surface area (Å²) in [7, 11) is 1.24. The van der Waals surface area contributed by atoms with Crippen LogP contribution in [0.2, 0.25) is 5.02 Å². The lowest BCUT2D eigenvalue weighted by atomic mass is 10.1. The average Bonchev–Trinajstić information content (AvgIpc) is 2.22. The molecule has 0 radical (unpaired) electrons. The summed E-state index contributed by atoms with van der Waals surface area (Å²) < 4.78 is 13.5. The first-order valence-electron chi connectivity index (χ1n) is 4.33. The number of carbonyl (C=O) groups is 2. The number of carbonyl (C=O) groups excluding carboxylic acids is 1. The molecule has 0 fully saturated rings. The van der Waals surface area contributed by atoms with Gasteiger partial charge in [-0.05, 0) is 12.1 Å². The van der Waals surface area contributed by atoms with E-state index in [1.807, 2.05) is 0 Å². The summed E-state index contributed by atoms with van der Waals surface area (Å²) in [6.07, 6.45) is 0.307. The zero-order valence-corrected chi connectivity index (χ0v) is 9.11. The number of carboxylic acids is 1. The Hall–Kier alpha value is -1.62. The van der Waals surface area contributed by atoms with Crippen molar-refractivity contribution in [3.63, 3.8) is 0 Å². The molecule has 1 N–H and O–H groups in total. The van der Waals surface area contributed by atoms with Crippen LogP contribution in [0.25, 0.3) is 0 Å². The van der Waals surface area contributed by atoms with Gasteiger partial charge in [0.05, 0.1) is 0 Å². The molecule has 0 aromatic heterocycles. The van der Waals surface area contributed by atoms with Gasteiger partial charge in [-0.2, -0.15) is 0 Å². The molecule has 0 heterocycles. The van der Waals surface area contributed by atoms with Crippen LogP contribution in [-0.4, -0.2) is 29.4 Å². The average molecular weight is 246 g/mol. The van der Waals surface area contributed by atoms with Crippen LogP contribution in [0.15, 0.2) is 18.2 Å². The lowest BCUT2D eigenvalue weighted by Crippen LogP contribution is -2.30. The lowest BCUT2D eigenvalue weighted by molar-refractivity contribution is -0.145. The molecular weight excluding hydrogens is 237 g/mol. The van der Waals surface area contributed by atoms with Crippen molar-refractivity contribution in [3.05, 3.63) is 34.6 Å². The monoisotopic (exact) mass is 245 g/mol. The molecule has 86 valence electrons. The minimum absolute atomic E-state index is 0.0268. The van der Waals surface area contributed by atoms with Crippen molar-refractivity contribution in [1.82, 2.24) is 4.90 Å². The molecular formula is C10H9ClFNO3. The van der Waals surface area contributed by atoms with E-state index in [9.17, 15) is 14.0 Å². The van der Waals surface area contributed by atoms with E-state index in [2.05, 4.69) is 0 Å². The third-order valence-corrected chi connectivity index (χ3v) is 2.41. The van der Waals surface area contributed by atoms with E-state index in [-0.39, 0.29) is 10.6 Å². The largest absolute Gasteiger partial charge is 0.479 e. The Morgan fingerprint density at radius 2 is 2.25 bits per heavy atom. The Bertz CT molecular complexity index is 404. The molecule has 4 nitrogen and oxygen atoms in total. The fourth-order valence-corrected chi connectivity index (χ4v) is 1.60. The van der Waals surface area contributed by atoms with Gasteiger partial charge in [-0.1, -0.05) is 17.7 Å². The van der Waals surface area contributed by atoms with E-state index in [1.54, 1.807) is 0 Å². The molecule has 0 aliphatic carbocycles. The fourth-order valence-electron chi connectivity index (χ4n) is 1.33. The van der Waals surface area contributed by atoms with E-state index in [0.29, 0.717) is 6.41 Å². The Labute approximate surface area is 96.2 Å². The van der Waals surface area contributed by atoms with Crippen LogP contribution in [0.5, 0.6) is 0 Å². The van der Waals surface area contributed by atoms with Gasteiger partial charge in [0.15, 0.2) is 6.04 Å². The topological polar surface area (TPSA) is 57.6 Å². The van der Waals surface area contributed by atoms with E-state index in [0.717, 1.165) is 11.0 Å². The molecule has 0 saturated carbocycles. The number of aliphatic carboxylic acids is 1. The summed E-state index contributed by atoms with van der Waals surface area (Å²) in [6, 6.07) is 2.40. The van der Waals surface area contributed by atoms with Gasteiger partial charge in [0.2, 0.25) is 6.41 Å². The van der Waals surface area contributed by atoms with Gasteiger partial charge in [0.25, 0.3) is 0 Å². The maximum absolute atomic E-state index is 13.5. The molecule has 1 aromatic rings. The van der Waals surface area contributed by atoms with Gasteiger partial charge in [-0.15, -0.1) is 0 Å². The first-order chi connectivity index (χ1) is 7.49. The SMILES string of the molecule is CN(C=O)C(C(=O)O)c1c(F)cccc1Cl. The van der Waals surface area contributed by atoms with Crippen LogP contribution >= 0.6 is 11.6 Å². The van der Waals surface area contributed by atoms with Crippen molar-refractivity contribution in [2.24, 2.45) is 0 Å². The molecule has 0 aliphatic heterocycles. The number of rotatable bonds is 4. The van der Waals surface area contributed by atoms with Crippen molar-refractivity contribution in [3.8, 4) is 0 Å². The molecule has 1 aromatic carbocycles. The maximum atomic E-state index is 13.5. The predicted molar refractivity (Wildman–Crippen MR) is 55.6 cm³/mol. The fraction of sp³-hybridized carbons (Fsp3) is 0.200. The molecule has 1 unspecified atom stereocenters. The number of halogens is 2. The zero-order valence-electron chi connectivity index (χ0n) is 8.35. The quantitative estimate of drug-likeness (QED) is 0.822. The Morgan fingerprint density at radius 1 is 1.62 bits per heavy atom. The Balaban J connectivity index is 3.31. The number of hydrogen-bond donors (Lipinski definition) is 1. The number of benzene rings is 1. The number of carboxylic acid groups (broad SMARTS) is 1. The summed E-state index contributed by atoms with van der Waals surface area (Å²) in [5, 5.41) is 8.92. The third-order valence-electron chi connectivity index (χ3n) is 2.08. The van der Waals surface area contributed by atoms with Crippen LogP contribution in [0, 0.1) is 5.82 Å². The summed E-state index contributed by atoms with van der Waals surface area (Å²) in [5.74, 6) is -2.10. The van der Waals surface area contributed by atoms with Gasteiger partial charge < -0.3 is 10.0 Å². The molecule has 0 bridgehead atoms. The van der Waals surface area contributed by atoms with Crippen LogP contribution in [0.3, 0.4) is 0 Å². The zero-order chi connectivity index (χ0) is 12.3. The van der Waals surface area contributed by atoms with Crippen LogP contribution < -0.4 is 0 Å². The van der Waals surface area contributed by atoms with E-state index < -0.39 is 17.8 Å². The number of nitrogens with zero attached hydrogens (tertiary/aromatic N) is 1. The molecule has 1 rings (SSSR count). The molecule has 0 spiro atoms. The number of amides is 1. The molecule has 6 heteroatoms. The second-order valence-electron chi connectivity index (χ2n) is 3.15. The number of likely N-dealkylation sites (N-methyl/N-ethyl adjacent to an activating group) is 1. The van der Waals surface area contributed by atoms with Crippen molar-refractivity contribution in [1.29, 1.82) is 0 Å². The maximum Gasteiger partial charge on any atom is 0.331 e. The highest BCUT2D eigenvalue weighted by Crippen LogP contribution is 2.28. The van der Waals surface area contributed by atoms with Crippen molar-refractivity contribution in [2.75, 3.05) is 7.05 Å². The summed E-state index contributed by atoms with van der Waals surface area (Å²) in [4.78, 5) is 22.4. The highest BCUT2D eigenvalue weighted by Gasteiger charge is 2.28. The van der Waals surface area contributed by atoms with Crippen LogP contribution in [-0.2, 0) is 9.59 Å². The minimum atomic E-state index is -1.42. The molecule has 0 saturated heterocycles. The molecule has 0 aliphatic rings. The first-order valence-corrected chi connectivity index (χ1v) is 4.70. The van der Waals surface area contributed by atoms with E-state index in [4.69, 9.17) is 16.7 Å². The first kappa shape index (κ1) is 12.4. The van der Waals surface area contributed by atoms with Gasteiger partial charge in [0.1, 0.15) is 5.82 Å². The standard InChI is InChI=1S/C10H9ClFNO3/c1-13(5-14)9(10(15)16)8-6(11)3-2-4-7(8)12/h2-5,9H,1H3,(H,15,16). The highest BCUT2D eigenvalue weighted by atomic mass is 35.5. The smallest absolute Gasteiger partial charge is 0.331 e. The Morgan fingerprint density at radius 3 is 2.69 bits per heavy atom. The van der Waals surface area contributed by atoms with Crippen LogP contribution in [0.1, 0.15) is 11.6 Å². The van der Waals surface area contributed by atoms with Gasteiger partial charge >= 0.3 is 5.97 Å². The van der Waals surface area contributed by atoms with Crippen molar-refractivity contribution >= 4 is 24.0 Å². The highest BCUT2D eigenvalue weighted by molar-refractivity contribution is 6.31. The summed E-state index contributed by atoms with van der Waals surface area (Å²) in [6.45, 7) is 0.